The Morgan fingerprint density at radius 2 is 2.17 bits per heavy atom. The van der Waals surface area contributed by atoms with Crippen molar-refractivity contribution in [3.63, 3.8) is 0 Å². The zero-order valence-electron chi connectivity index (χ0n) is 17.4. The second-order valence-corrected chi connectivity index (χ2v) is 7.91. The standard InChI is InChI=1S/C20H29FN6O3/c1-14(28)24-11-16-12-27(19(29)30-16)15-4-3-5-18(17(21)10-15)26-8-6-20(13-22,7-9-26)25-23-2/h4,10,16,18,23,25H,3,5-9,11-12H2,1-2H3,(H,24,28). The van der Waals surface area contributed by atoms with Gasteiger partial charge in [0.05, 0.1) is 25.2 Å². The number of rotatable bonds is 6. The second kappa shape index (κ2) is 9.55. The summed E-state index contributed by atoms with van der Waals surface area (Å²) < 4.78 is 20.4. The maximum absolute atomic E-state index is 15.1. The van der Waals surface area contributed by atoms with E-state index in [1.165, 1.54) is 17.9 Å². The fourth-order valence-electron chi connectivity index (χ4n) is 4.19. The van der Waals surface area contributed by atoms with E-state index in [9.17, 15) is 14.9 Å². The van der Waals surface area contributed by atoms with E-state index in [0.29, 0.717) is 44.5 Å². The Bertz CT molecular complexity index is 769. The van der Waals surface area contributed by atoms with Crippen LogP contribution in [0.1, 0.15) is 32.6 Å². The topological polar surface area (TPSA) is 110 Å². The molecule has 0 radical (unpaired) electrons. The van der Waals surface area contributed by atoms with Crippen LogP contribution in [0, 0.1) is 11.3 Å². The van der Waals surface area contributed by atoms with Crippen LogP contribution in [-0.4, -0.2) is 72.7 Å². The first-order valence-corrected chi connectivity index (χ1v) is 10.3. The van der Waals surface area contributed by atoms with Gasteiger partial charge in [0.1, 0.15) is 17.5 Å². The van der Waals surface area contributed by atoms with Gasteiger partial charge < -0.3 is 10.1 Å². The van der Waals surface area contributed by atoms with Crippen LogP contribution in [0.15, 0.2) is 23.7 Å². The summed E-state index contributed by atoms with van der Waals surface area (Å²) in [6.07, 6.45) is 4.69. The molecule has 3 N–H and O–H groups in total. The molecule has 0 spiro atoms. The molecule has 2 heterocycles. The van der Waals surface area contributed by atoms with E-state index >= 15 is 4.39 Å². The summed E-state index contributed by atoms with van der Waals surface area (Å²) in [5.41, 5.74) is 5.72. The number of hydrazine groups is 1. The van der Waals surface area contributed by atoms with E-state index < -0.39 is 17.7 Å². The van der Waals surface area contributed by atoms with Crippen molar-refractivity contribution in [2.75, 3.05) is 33.2 Å². The molecule has 2 fully saturated rings. The molecule has 2 amide bonds. The van der Waals surface area contributed by atoms with Gasteiger partial charge in [-0.25, -0.2) is 14.6 Å². The van der Waals surface area contributed by atoms with Gasteiger partial charge in [0.25, 0.3) is 0 Å². The molecule has 0 aromatic heterocycles. The Kier molecular flexibility index (Phi) is 7.07. The number of piperidine rings is 1. The number of allylic oxidation sites excluding steroid dienone is 2. The Morgan fingerprint density at radius 3 is 2.80 bits per heavy atom. The third-order valence-electron chi connectivity index (χ3n) is 5.83. The summed E-state index contributed by atoms with van der Waals surface area (Å²) in [6, 6.07) is 1.96. The first kappa shape index (κ1) is 22.2. The molecule has 9 nitrogen and oxygen atoms in total. The average Bonchev–Trinajstić information content (AvgIpc) is 2.99. The van der Waals surface area contributed by atoms with Crippen LogP contribution in [0.5, 0.6) is 0 Å². The van der Waals surface area contributed by atoms with Crippen molar-refractivity contribution in [1.82, 2.24) is 26.0 Å². The summed E-state index contributed by atoms with van der Waals surface area (Å²) in [7, 11) is 1.73. The van der Waals surface area contributed by atoms with Gasteiger partial charge in [0.15, 0.2) is 0 Å². The number of nitriles is 1. The number of ether oxygens (including phenoxy) is 1. The van der Waals surface area contributed by atoms with Crippen LogP contribution in [0.4, 0.5) is 9.18 Å². The van der Waals surface area contributed by atoms with Gasteiger partial charge in [0, 0.05) is 25.7 Å². The molecule has 0 aromatic carbocycles. The number of nitrogens with one attached hydrogen (secondary N) is 3. The zero-order chi connectivity index (χ0) is 21.7. The lowest BCUT2D eigenvalue weighted by atomic mass is 9.88. The van der Waals surface area contributed by atoms with Crippen LogP contribution < -0.4 is 16.2 Å². The Hall–Kier alpha value is -2.48. The maximum atomic E-state index is 15.1. The largest absolute Gasteiger partial charge is 0.442 e. The number of likely N-dealkylation sites (tertiary alicyclic amines) is 1. The van der Waals surface area contributed by atoms with Crippen LogP contribution in [0.3, 0.4) is 0 Å². The maximum Gasteiger partial charge on any atom is 0.414 e. The van der Waals surface area contributed by atoms with Crippen LogP contribution in [-0.2, 0) is 9.53 Å². The monoisotopic (exact) mass is 420 g/mol. The zero-order valence-corrected chi connectivity index (χ0v) is 17.4. The van der Waals surface area contributed by atoms with Crippen molar-refractivity contribution in [3.05, 3.63) is 23.7 Å². The average molecular weight is 420 g/mol. The van der Waals surface area contributed by atoms with Crippen molar-refractivity contribution in [3.8, 4) is 6.07 Å². The first-order valence-electron chi connectivity index (χ1n) is 10.3. The molecule has 2 aliphatic heterocycles. The molecular formula is C20H29FN6O3. The minimum Gasteiger partial charge on any atom is -0.442 e. The Balaban J connectivity index is 1.63. The van der Waals surface area contributed by atoms with Crippen molar-refractivity contribution in [2.24, 2.45) is 0 Å². The summed E-state index contributed by atoms with van der Waals surface area (Å²) in [4.78, 5) is 26.8. The molecule has 2 unspecified atom stereocenters. The lowest BCUT2D eigenvalue weighted by Gasteiger charge is -2.40. The normalized spacial score (nSPS) is 26.9. The second-order valence-electron chi connectivity index (χ2n) is 7.91. The third kappa shape index (κ3) is 4.98. The Morgan fingerprint density at radius 1 is 1.43 bits per heavy atom. The van der Waals surface area contributed by atoms with Crippen LogP contribution in [0.2, 0.25) is 0 Å². The summed E-state index contributed by atoms with van der Waals surface area (Å²) in [5, 5.41) is 12.1. The number of halogens is 1. The van der Waals surface area contributed by atoms with Gasteiger partial charge in [-0.3, -0.25) is 20.0 Å². The number of amides is 2. The Labute approximate surface area is 175 Å². The number of carbonyl (C=O) groups excluding carboxylic acids is 2. The van der Waals surface area contributed by atoms with Crippen molar-refractivity contribution >= 4 is 12.0 Å². The summed E-state index contributed by atoms with van der Waals surface area (Å²) in [6.45, 7) is 3.11. The SMILES string of the molecule is CNNC1(C#N)CCN(C2CCC=C(N3CC(CNC(C)=O)OC3=O)C=C2F)CC1. The minimum absolute atomic E-state index is 0.196. The minimum atomic E-state index is -0.637. The lowest BCUT2D eigenvalue weighted by Crippen LogP contribution is -2.57. The molecule has 3 aliphatic rings. The van der Waals surface area contributed by atoms with E-state index in [4.69, 9.17) is 4.74 Å². The predicted octanol–water partition coefficient (Wildman–Crippen LogP) is 0.925. The number of nitrogens with zero attached hydrogens (tertiary/aromatic N) is 3. The van der Waals surface area contributed by atoms with Gasteiger partial charge in [-0.1, -0.05) is 6.08 Å². The van der Waals surface area contributed by atoms with E-state index in [-0.39, 0.29) is 30.9 Å². The number of cyclic esters (lactones) is 1. The molecule has 2 atom stereocenters. The van der Waals surface area contributed by atoms with Crippen molar-refractivity contribution in [1.29, 1.82) is 5.26 Å². The molecule has 1 aliphatic carbocycles. The molecule has 164 valence electrons. The lowest BCUT2D eigenvalue weighted by molar-refractivity contribution is -0.119. The van der Waals surface area contributed by atoms with E-state index in [0.717, 1.165) is 0 Å². The molecule has 0 bridgehead atoms. The molecule has 30 heavy (non-hydrogen) atoms. The molecule has 3 rings (SSSR count). The van der Waals surface area contributed by atoms with E-state index in [2.05, 4.69) is 27.1 Å². The summed E-state index contributed by atoms with van der Waals surface area (Å²) in [5.74, 6) is -0.485. The van der Waals surface area contributed by atoms with Gasteiger partial charge in [-0.2, -0.15) is 5.26 Å². The fourth-order valence-corrected chi connectivity index (χ4v) is 4.19. The fraction of sp³-hybridized carbons (Fsp3) is 0.650. The van der Waals surface area contributed by atoms with Crippen molar-refractivity contribution < 1.29 is 18.7 Å². The van der Waals surface area contributed by atoms with Gasteiger partial charge >= 0.3 is 6.09 Å². The van der Waals surface area contributed by atoms with E-state index in [1.54, 1.807) is 7.05 Å². The molecular weight excluding hydrogens is 391 g/mol. The van der Waals surface area contributed by atoms with Gasteiger partial charge in [-0.15, -0.1) is 0 Å². The number of hydrogen-bond acceptors (Lipinski definition) is 7. The highest BCUT2D eigenvalue weighted by Crippen LogP contribution is 2.31. The molecule has 0 saturated carbocycles. The van der Waals surface area contributed by atoms with Gasteiger partial charge in [0.2, 0.25) is 5.91 Å². The predicted molar refractivity (Wildman–Crippen MR) is 107 cm³/mol. The molecule has 0 aromatic rings. The van der Waals surface area contributed by atoms with Crippen LogP contribution in [0.25, 0.3) is 0 Å². The molecule has 2 saturated heterocycles. The number of carbonyl (C=O) groups is 2. The first-order chi connectivity index (χ1) is 14.4. The quantitative estimate of drug-likeness (QED) is 0.548. The third-order valence-corrected chi connectivity index (χ3v) is 5.83. The molecule has 10 heteroatoms. The highest BCUT2D eigenvalue weighted by molar-refractivity contribution is 5.74. The smallest absolute Gasteiger partial charge is 0.414 e. The van der Waals surface area contributed by atoms with E-state index in [1.807, 2.05) is 6.08 Å². The summed E-state index contributed by atoms with van der Waals surface area (Å²) >= 11 is 0. The van der Waals surface area contributed by atoms with Crippen LogP contribution >= 0.6 is 0 Å². The van der Waals surface area contributed by atoms with Crippen molar-refractivity contribution in [2.45, 2.75) is 50.3 Å². The number of hydrogen-bond donors (Lipinski definition) is 3. The highest BCUT2D eigenvalue weighted by Gasteiger charge is 2.38. The van der Waals surface area contributed by atoms with Gasteiger partial charge in [-0.05, 0) is 38.8 Å². The highest BCUT2D eigenvalue weighted by atomic mass is 19.1.